The van der Waals surface area contributed by atoms with Gasteiger partial charge in [-0.25, -0.2) is 9.37 Å². The molecule has 24 heavy (non-hydrogen) atoms. The van der Waals surface area contributed by atoms with Gasteiger partial charge in [0.05, 0.1) is 22.8 Å². The third-order valence-electron chi connectivity index (χ3n) is 4.73. The summed E-state index contributed by atoms with van der Waals surface area (Å²) in [7, 11) is 0. The van der Waals surface area contributed by atoms with Crippen LogP contribution < -0.4 is 4.90 Å². The summed E-state index contributed by atoms with van der Waals surface area (Å²) in [6.07, 6.45) is 2.94. The van der Waals surface area contributed by atoms with Gasteiger partial charge in [-0.3, -0.25) is 4.98 Å². The van der Waals surface area contributed by atoms with Crippen molar-refractivity contribution in [2.45, 2.75) is 18.4 Å². The number of para-hydroxylation sites is 2. The monoisotopic (exact) mass is 323 g/mol. The van der Waals surface area contributed by atoms with E-state index in [0.29, 0.717) is 25.9 Å². The molecule has 1 aliphatic rings. The molecule has 2 aromatic carbocycles. The first-order chi connectivity index (χ1) is 11.6. The van der Waals surface area contributed by atoms with E-state index in [1.54, 1.807) is 18.3 Å². The van der Waals surface area contributed by atoms with Gasteiger partial charge in [0, 0.05) is 13.1 Å². The fraction of sp³-hybridized carbons (Fsp3) is 0.263. The Morgan fingerprint density at radius 3 is 2.33 bits per heavy atom. The average molecular weight is 323 g/mol. The number of hydrogen-bond donors (Lipinski definition) is 1. The molecule has 5 heteroatoms. The van der Waals surface area contributed by atoms with Gasteiger partial charge in [0.15, 0.2) is 0 Å². The van der Waals surface area contributed by atoms with Gasteiger partial charge >= 0.3 is 0 Å². The van der Waals surface area contributed by atoms with Crippen LogP contribution in [0.15, 0.2) is 54.7 Å². The molecule has 0 saturated carbocycles. The number of rotatable bonds is 2. The fourth-order valence-electron chi connectivity index (χ4n) is 3.25. The Morgan fingerprint density at radius 2 is 1.62 bits per heavy atom. The maximum absolute atomic E-state index is 13.1. The summed E-state index contributed by atoms with van der Waals surface area (Å²) in [5.74, 6) is 0.543. The Kier molecular flexibility index (Phi) is 3.65. The summed E-state index contributed by atoms with van der Waals surface area (Å²) in [5, 5.41) is 10.9. The zero-order valence-electron chi connectivity index (χ0n) is 13.2. The van der Waals surface area contributed by atoms with Crippen molar-refractivity contribution >= 4 is 16.9 Å². The van der Waals surface area contributed by atoms with Crippen LogP contribution in [0.1, 0.15) is 18.4 Å². The summed E-state index contributed by atoms with van der Waals surface area (Å²) in [4.78, 5) is 11.3. The predicted molar refractivity (Wildman–Crippen MR) is 91.3 cm³/mol. The Labute approximate surface area is 139 Å². The minimum atomic E-state index is -0.908. The smallest absolute Gasteiger partial charge is 0.147 e. The van der Waals surface area contributed by atoms with Crippen molar-refractivity contribution < 1.29 is 9.50 Å². The lowest BCUT2D eigenvalue weighted by atomic mass is 9.84. The van der Waals surface area contributed by atoms with Crippen molar-refractivity contribution in [3.63, 3.8) is 0 Å². The number of anilines is 1. The fourth-order valence-corrected chi connectivity index (χ4v) is 3.25. The molecule has 1 N–H and O–H groups in total. The van der Waals surface area contributed by atoms with Gasteiger partial charge < -0.3 is 10.0 Å². The van der Waals surface area contributed by atoms with Crippen molar-refractivity contribution in [2.24, 2.45) is 0 Å². The lowest BCUT2D eigenvalue weighted by Crippen LogP contribution is -2.43. The second-order valence-electron chi connectivity index (χ2n) is 6.24. The van der Waals surface area contributed by atoms with Crippen LogP contribution >= 0.6 is 0 Å². The van der Waals surface area contributed by atoms with Crippen LogP contribution in [0.4, 0.5) is 10.2 Å². The predicted octanol–water partition coefficient (Wildman–Crippen LogP) is 3.26. The van der Waals surface area contributed by atoms with Crippen molar-refractivity contribution in [3.05, 3.63) is 66.1 Å². The molecule has 2 heterocycles. The highest BCUT2D eigenvalue weighted by molar-refractivity contribution is 5.75. The summed E-state index contributed by atoms with van der Waals surface area (Å²) in [6, 6.07) is 13.9. The van der Waals surface area contributed by atoms with Crippen molar-refractivity contribution in [1.29, 1.82) is 0 Å². The number of aliphatic hydroxyl groups is 1. The van der Waals surface area contributed by atoms with Gasteiger partial charge in [-0.1, -0.05) is 24.3 Å². The zero-order chi connectivity index (χ0) is 16.6. The molecule has 122 valence electrons. The summed E-state index contributed by atoms with van der Waals surface area (Å²) < 4.78 is 13.1. The van der Waals surface area contributed by atoms with Crippen molar-refractivity contribution in [3.8, 4) is 0 Å². The molecule has 0 radical (unpaired) electrons. The summed E-state index contributed by atoms with van der Waals surface area (Å²) >= 11 is 0. The van der Waals surface area contributed by atoms with Gasteiger partial charge in [0.25, 0.3) is 0 Å². The quantitative estimate of drug-likeness (QED) is 0.786. The third-order valence-corrected chi connectivity index (χ3v) is 4.73. The number of fused-ring (bicyclic) bond motifs is 1. The Morgan fingerprint density at radius 1 is 0.958 bits per heavy atom. The van der Waals surface area contributed by atoms with E-state index in [4.69, 9.17) is 0 Å². The zero-order valence-corrected chi connectivity index (χ0v) is 13.2. The SMILES string of the molecule is OC1(c2ccc(F)cc2)CCN(c2cnc3ccccc3n2)CC1. The van der Waals surface area contributed by atoms with E-state index >= 15 is 0 Å². The molecule has 1 fully saturated rings. The van der Waals surface area contributed by atoms with Crippen LogP contribution in [0, 0.1) is 5.82 Å². The van der Waals surface area contributed by atoms with E-state index < -0.39 is 5.60 Å². The number of aromatic nitrogens is 2. The third kappa shape index (κ3) is 2.71. The number of halogens is 1. The van der Waals surface area contributed by atoms with Gasteiger partial charge in [-0.05, 0) is 42.7 Å². The van der Waals surface area contributed by atoms with E-state index in [-0.39, 0.29) is 5.82 Å². The van der Waals surface area contributed by atoms with Crippen molar-refractivity contribution in [2.75, 3.05) is 18.0 Å². The number of piperidine rings is 1. The van der Waals surface area contributed by atoms with Gasteiger partial charge in [0.1, 0.15) is 11.6 Å². The number of hydrogen-bond acceptors (Lipinski definition) is 4. The number of nitrogens with zero attached hydrogens (tertiary/aromatic N) is 3. The highest BCUT2D eigenvalue weighted by Crippen LogP contribution is 2.34. The van der Waals surface area contributed by atoms with Crippen LogP contribution in [0.25, 0.3) is 11.0 Å². The molecule has 1 aliphatic heterocycles. The van der Waals surface area contributed by atoms with E-state index in [1.807, 2.05) is 24.3 Å². The first-order valence-corrected chi connectivity index (χ1v) is 8.09. The number of benzene rings is 2. The summed E-state index contributed by atoms with van der Waals surface area (Å²) in [5.41, 5.74) is 1.61. The molecule has 4 nitrogen and oxygen atoms in total. The largest absolute Gasteiger partial charge is 0.385 e. The maximum Gasteiger partial charge on any atom is 0.147 e. The molecule has 0 amide bonds. The van der Waals surface area contributed by atoms with E-state index in [0.717, 1.165) is 22.4 Å². The second-order valence-corrected chi connectivity index (χ2v) is 6.24. The topological polar surface area (TPSA) is 49.2 Å². The Balaban J connectivity index is 1.53. The Hall–Kier alpha value is -2.53. The molecule has 3 aromatic rings. The molecular weight excluding hydrogens is 305 g/mol. The van der Waals surface area contributed by atoms with Crippen LogP contribution in [-0.2, 0) is 5.60 Å². The lowest BCUT2D eigenvalue weighted by molar-refractivity contribution is 0.0116. The van der Waals surface area contributed by atoms with Gasteiger partial charge in [-0.15, -0.1) is 0 Å². The minimum Gasteiger partial charge on any atom is -0.385 e. The molecule has 0 atom stereocenters. The highest BCUT2D eigenvalue weighted by atomic mass is 19.1. The van der Waals surface area contributed by atoms with Gasteiger partial charge in [0.2, 0.25) is 0 Å². The first-order valence-electron chi connectivity index (χ1n) is 8.09. The molecule has 4 rings (SSSR count). The van der Waals surface area contributed by atoms with Crippen LogP contribution in [0.2, 0.25) is 0 Å². The molecule has 0 bridgehead atoms. The van der Waals surface area contributed by atoms with E-state index in [9.17, 15) is 9.50 Å². The second kappa shape index (κ2) is 5.83. The molecule has 0 unspecified atom stereocenters. The first kappa shape index (κ1) is 15.0. The van der Waals surface area contributed by atoms with Crippen LogP contribution in [0.3, 0.4) is 0 Å². The molecule has 1 aromatic heterocycles. The molecule has 1 saturated heterocycles. The lowest BCUT2D eigenvalue weighted by Gasteiger charge is -2.39. The minimum absolute atomic E-state index is 0.286. The summed E-state index contributed by atoms with van der Waals surface area (Å²) in [6.45, 7) is 1.36. The van der Waals surface area contributed by atoms with Crippen molar-refractivity contribution in [1.82, 2.24) is 9.97 Å². The Bertz CT molecular complexity index is 858. The highest BCUT2D eigenvalue weighted by Gasteiger charge is 2.34. The molecular formula is C19H18FN3O. The van der Waals surface area contributed by atoms with Crippen LogP contribution in [-0.4, -0.2) is 28.2 Å². The van der Waals surface area contributed by atoms with Gasteiger partial charge in [-0.2, -0.15) is 0 Å². The molecule has 0 spiro atoms. The average Bonchev–Trinajstić information content (AvgIpc) is 2.62. The maximum atomic E-state index is 13.1. The standard InChI is InChI=1S/C19H18FN3O/c20-15-7-5-14(6-8-15)19(24)9-11-23(12-10-19)18-13-21-16-3-1-2-4-17(16)22-18/h1-8,13,24H,9-12H2. The van der Waals surface area contributed by atoms with Crippen LogP contribution in [0.5, 0.6) is 0 Å². The molecule has 0 aliphatic carbocycles. The van der Waals surface area contributed by atoms with E-state index in [1.165, 1.54) is 12.1 Å². The normalized spacial score (nSPS) is 17.2. The van der Waals surface area contributed by atoms with E-state index in [2.05, 4.69) is 14.9 Å².